The number of rotatable bonds is 1. The third-order valence-corrected chi connectivity index (χ3v) is 2.63. The number of hydrogen-bond donors (Lipinski definition) is 1. The summed E-state index contributed by atoms with van der Waals surface area (Å²) in [6, 6.07) is 0. The van der Waals surface area contributed by atoms with E-state index in [1.165, 1.54) is 12.7 Å². The lowest BCUT2D eigenvalue weighted by Gasteiger charge is -2.19. The lowest BCUT2D eigenvalue weighted by Crippen LogP contribution is -2.17. The van der Waals surface area contributed by atoms with E-state index < -0.39 is 5.97 Å². The van der Waals surface area contributed by atoms with Gasteiger partial charge in [-0.2, -0.15) is 4.98 Å². The molecule has 0 saturated carbocycles. The van der Waals surface area contributed by atoms with Crippen LogP contribution < -0.4 is 4.74 Å². The number of hydrogen-bond acceptors (Lipinski definition) is 5. The van der Waals surface area contributed by atoms with Gasteiger partial charge in [0.05, 0.1) is 11.4 Å². The Balaban J connectivity index is 2.27. The third kappa shape index (κ3) is 1.28. The molecule has 3 heterocycles. The maximum absolute atomic E-state index is 11.0. The Kier molecular flexibility index (Phi) is 1.88. The van der Waals surface area contributed by atoms with Crippen molar-refractivity contribution in [2.75, 3.05) is 0 Å². The number of aryl methyl sites for hydroxylation is 1. The van der Waals surface area contributed by atoms with Crippen molar-refractivity contribution in [2.45, 2.75) is 13.5 Å². The minimum atomic E-state index is -1.07. The molecule has 7 nitrogen and oxygen atoms in total. The highest BCUT2D eigenvalue weighted by molar-refractivity contribution is 5.87. The molecule has 1 aliphatic heterocycles. The second-order valence-corrected chi connectivity index (χ2v) is 3.62. The van der Waals surface area contributed by atoms with Gasteiger partial charge < -0.3 is 9.84 Å². The summed E-state index contributed by atoms with van der Waals surface area (Å²) in [5.41, 5.74) is 1.86. The van der Waals surface area contributed by atoms with Crippen LogP contribution in [-0.4, -0.2) is 30.6 Å². The second kappa shape index (κ2) is 3.27. The quantitative estimate of drug-likeness (QED) is 0.772. The maximum Gasteiger partial charge on any atom is 0.356 e. The standard InChI is InChI=1S/C10H8N4O3/c1-5-8-9(12-3-11-5)17-2-6-7(10(15)16)13-4-14(6)8/h3-4H,2H2,1H3,(H,15,16). The minimum Gasteiger partial charge on any atom is -0.476 e. The Morgan fingerprint density at radius 2 is 2.29 bits per heavy atom. The van der Waals surface area contributed by atoms with Crippen LogP contribution in [0.2, 0.25) is 0 Å². The summed E-state index contributed by atoms with van der Waals surface area (Å²) in [6.07, 6.45) is 2.87. The molecule has 0 fully saturated rings. The fraction of sp³-hybridized carbons (Fsp3) is 0.200. The molecule has 2 aromatic heterocycles. The van der Waals surface area contributed by atoms with Crippen LogP contribution in [0.4, 0.5) is 0 Å². The van der Waals surface area contributed by atoms with Gasteiger partial charge in [-0.15, -0.1) is 0 Å². The van der Waals surface area contributed by atoms with Crippen LogP contribution in [0.25, 0.3) is 5.69 Å². The molecular weight excluding hydrogens is 224 g/mol. The number of carbonyl (C=O) groups is 1. The lowest BCUT2D eigenvalue weighted by atomic mass is 10.2. The first kappa shape index (κ1) is 9.76. The van der Waals surface area contributed by atoms with Crippen molar-refractivity contribution in [3.05, 3.63) is 29.7 Å². The normalized spacial score (nSPS) is 12.5. The molecule has 0 unspecified atom stereocenters. The number of imidazole rings is 1. The zero-order chi connectivity index (χ0) is 12.0. The molecule has 1 aliphatic rings. The second-order valence-electron chi connectivity index (χ2n) is 3.62. The van der Waals surface area contributed by atoms with Crippen molar-refractivity contribution in [3.63, 3.8) is 0 Å². The van der Waals surface area contributed by atoms with E-state index in [0.717, 1.165) is 0 Å². The third-order valence-electron chi connectivity index (χ3n) is 2.63. The monoisotopic (exact) mass is 232 g/mol. The van der Waals surface area contributed by atoms with Gasteiger partial charge in [-0.3, -0.25) is 4.57 Å². The van der Waals surface area contributed by atoms with Crippen LogP contribution in [0.5, 0.6) is 5.88 Å². The van der Waals surface area contributed by atoms with E-state index in [2.05, 4.69) is 15.0 Å². The van der Waals surface area contributed by atoms with E-state index in [1.54, 1.807) is 11.5 Å². The number of carboxylic acid groups (broad SMARTS) is 1. The van der Waals surface area contributed by atoms with Gasteiger partial charge in [-0.05, 0) is 6.92 Å². The lowest BCUT2D eigenvalue weighted by molar-refractivity contribution is 0.0687. The van der Waals surface area contributed by atoms with Crippen LogP contribution in [0.3, 0.4) is 0 Å². The molecule has 1 N–H and O–H groups in total. The van der Waals surface area contributed by atoms with Crippen molar-refractivity contribution in [1.29, 1.82) is 0 Å². The van der Waals surface area contributed by atoms with Crippen molar-refractivity contribution < 1.29 is 14.6 Å². The van der Waals surface area contributed by atoms with E-state index >= 15 is 0 Å². The van der Waals surface area contributed by atoms with Crippen molar-refractivity contribution >= 4 is 5.97 Å². The highest BCUT2D eigenvalue weighted by atomic mass is 16.5. The van der Waals surface area contributed by atoms with Gasteiger partial charge in [0, 0.05) is 0 Å². The number of ether oxygens (including phenoxy) is 1. The molecule has 0 aromatic carbocycles. The van der Waals surface area contributed by atoms with E-state index in [-0.39, 0.29) is 12.3 Å². The highest BCUT2D eigenvalue weighted by Gasteiger charge is 2.26. The molecular formula is C10H8N4O3. The number of aromatic nitrogens is 4. The Morgan fingerprint density at radius 1 is 1.47 bits per heavy atom. The summed E-state index contributed by atoms with van der Waals surface area (Å²) in [4.78, 5) is 22.9. The zero-order valence-electron chi connectivity index (χ0n) is 8.91. The van der Waals surface area contributed by atoms with Crippen LogP contribution in [0.15, 0.2) is 12.7 Å². The predicted molar refractivity (Wildman–Crippen MR) is 55.2 cm³/mol. The molecule has 0 spiro atoms. The van der Waals surface area contributed by atoms with Gasteiger partial charge in [-0.1, -0.05) is 0 Å². The molecule has 3 rings (SSSR count). The van der Waals surface area contributed by atoms with Crippen molar-refractivity contribution in [2.24, 2.45) is 0 Å². The SMILES string of the molecule is Cc1ncnc2c1-n1cnc(C(=O)O)c1CO2. The number of fused-ring (bicyclic) bond motifs is 3. The molecule has 2 aromatic rings. The van der Waals surface area contributed by atoms with E-state index in [1.807, 2.05) is 0 Å². The van der Waals surface area contributed by atoms with Gasteiger partial charge in [0.15, 0.2) is 5.69 Å². The van der Waals surface area contributed by atoms with Gasteiger partial charge in [0.1, 0.15) is 24.9 Å². The molecule has 86 valence electrons. The number of carboxylic acids is 1. The van der Waals surface area contributed by atoms with Gasteiger partial charge in [0.25, 0.3) is 0 Å². The van der Waals surface area contributed by atoms with Crippen LogP contribution in [0.1, 0.15) is 21.9 Å². The van der Waals surface area contributed by atoms with Gasteiger partial charge in [0.2, 0.25) is 5.88 Å². The molecule has 7 heteroatoms. The van der Waals surface area contributed by atoms with Gasteiger partial charge >= 0.3 is 5.97 Å². The van der Waals surface area contributed by atoms with Crippen LogP contribution >= 0.6 is 0 Å². The summed E-state index contributed by atoms with van der Waals surface area (Å²) in [5, 5.41) is 8.98. The average Bonchev–Trinajstić information content (AvgIpc) is 2.72. The summed E-state index contributed by atoms with van der Waals surface area (Å²) < 4.78 is 7.07. The summed E-state index contributed by atoms with van der Waals surface area (Å²) in [5.74, 6) is -0.625. The largest absolute Gasteiger partial charge is 0.476 e. The minimum absolute atomic E-state index is 0.00102. The maximum atomic E-state index is 11.0. The number of aromatic carboxylic acids is 1. The van der Waals surface area contributed by atoms with Crippen LogP contribution in [0, 0.1) is 6.92 Å². The first-order valence-corrected chi connectivity index (χ1v) is 4.92. The summed E-state index contributed by atoms with van der Waals surface area (Å²) in [7, 11) is 0. The molecule has 0 bridgehead atoms. The Morgan fingerprint density at radius 3 is 3.06 bits per heavy atom. The van der Waals surface area contributed by atoms with Crippen molar-refractivity contribution in [1.82, 2.24) is 19.5 Å². The van der Waals surface area contributed by atoms with Crippen LogP contribution in [-0.2, 0) is 6.61 Å². The average molecular weight is 232 g/mol. The Labute approximate surface area is 95.7 Å². The molecule has 0 radical (unpaired) electrons. The fourth-order valence-electron chi connectivity index (χ4n) is 1.85. The Bertz CT molecular complexity index is 620. The topological polar surface area (TPSA) is 90.1 Å². The molecule has 17 heavy (non-hydrogen) atoms. The zero-order valence-corrected chi connectivity index (χ0v) is 8.91. The predicted octanol–water partition coefficient (Wildman–Crippen LogP) is 0.561. The fourth-order valence-corrected chi connectivity index (χ4v) is 1.85. The van der Waals surface area contributed by atoms with E-state index in [9.17, 15) is 4.79 Å². The summed E-state index contributed by atoms with van der Waals surface area (Å²) >= 11 is 0. The smallest absolute Gasteiger partial charge is 0.356 e. The first-order chi connectivity index (χ1) is 8.18. The molecule has 0 atom stereocenters. The number of nitrogens with zero attached hydrogens (tertiary/aromatic N) is 4. The summed E-state index contributed by atoms with van der Waals surface area (Å²) in [6.45, 7) is 1.95. The van der Waals surface area contributed by atoms with E-state index in [4.69, 9.17) is 9.84 Å². The molecule has 0 saturated heterocycles. The van der Waals surface area contributed by atoms with E-state index in [0.29, 0.717) is 23.0 Å². The first-order valence-electron chi connectivity index (χ1n) is 4.92. The van der Waals surface area contributed by atoms with Gasteiger partial charge in [-0.25, -0.2) is 14.8 Å². The molecule has 0 amide bonds. The van der Waals surface area contributed by atoms with Crippen molar-refractivity contribution in [3.8, 4) is 11.6 Å². The Hall–Kier alpha value is -2.44. The molecule has 0 aliphatic carbocycles. The highest BCUT2D eigenvalue weighted by Crippen LogP contribution is 2.30.